The van der Waals surface area contributed by atoms with E-state index < -0.39 is 46.9 Å². The van der Waals surface area contributed by atoms with Crippen LogP contribution < -0.4 is 0 Å². The van der Waals surface area contributed by atoms with Gasteiger partial charge in [0.05, 0.1) is 18.8 Å². The van der Waals surface area contributed by atoms with Gasteiger partial charge in [0.1, 0.15) is 22.3 Å². The first-order valence-electron chi connectivity index (χ1n) is 9.52. The predicted octanol–water partition coefficient (Wildman–Crippen LogP) is 3.47. The average molecular weight is 484 g/mol. The number of likely N-dealkylation sites (tertiary alicyclic amines) is 1. The minimum absolute atomic E-state index is 0.0364. The molecule has 176 valence electrons. The summed E-state index contributed by atoms with van der Waals surface area (Å²) in [5.41, 5.74) is -1.33. The zero-order valence-electron chi connectivity index (χ0n) is 16.7. The maximum absolute atomic E-state index is 13.4. The Hall–Kier alpha value is -2.19. The zero-order valence-corrected chi connectivity index (χ0v) is 17.6. The van der Waals surface area contributed by atoms with Gasteiger partial charge in [-0.15, -0.1) is 16.4 Å². The largest absolute Gasteiger partial charge is 0.471 e. The molecule has 2 aromatic rings. The molecule has 4 heterocycles. The Labute approximate surface area is 181 Å². The molecule has 0 aromatic carbocycles. The minimum atomic E-state index is -5.15. The number of carbonyl (C=O) groups excluding carboxylic acids is 1. The first kappa shape index (κ1) is 23.0. The zero-order chi connectivity index (χ0) is 23.6. The standard InChI is InChI=1S/C18H18F6N4O3S/c1-8-4-16(14-9(12(29)7-31-16)3-13(32-14)17(19,20)21)5-11(10-6-27(2)26-25-10)28(8)15(30)18(22,23)24/h3,6,8,11-12,29H,4-5,7H2,1-2H3/t8-,11-,12+,16-/m0/s1. The third-order valence-corrected chi connectivity index (χ3v) is 7.11. The number of hydrogen-bond acceptors (Lipinski definition) is 6. The molecule has 0 radical (unpaired) electrons. The van der Waals surface area contributed by atoms with Gasteiger partial charge in [-0.1, -0.05) is 5.21 Å². The summed E-state index contributed by atoms with van der Waals surface area (Å²) in [5, 5.41) is 17.8. The second kappa shape index (κ2) is 7.42. The van der Waals surface area contributed by atoms with Crippen LogP contribution in [0.1, 0.15) is 52.9 Å². The Bertz CT molecular complexity index is 1030. The molecule has 1 fully saturated rings. The molecule has 0 unspecified atom stereocenters. The third-order valence-electron chi connectivity index (χ3n) is 5.73. The summed E-state index contributed by atoms with van der Waals surface area (Å²) in [4.78, 5) is 12.0. The second-order valence-corrected chi connectivity index (χ2v) is 9.07. The number of hydrogen-bond donors (Lipinski definition) is 1. The maximum Gasteiger partial charge on any atom is 0.471 e. The van der Waals surface area contributed by atoms with Gasteiger partial charge in [0.2, 0.25) is 0 Å². The smallest absolute Gasteiger partial charge is 0.386 e. The third kappa shape index (κ3) is 3.77. The number of halogens is 6. The van der Waals surface area contributed by atoms with Crippen LogP contribution in [0, 0.1) is 0 Å². The van der Waals surface area contributed by atoms with Gasteiger partial charge in [0.25, 0.3) is 0 Å². The van der Waals surface area contributed by atoms with Crippen LogP contribution in [0.15, 0.2) is 12.3 Å². The Morgan fingerprint density at radius 3 is 2.53 bits per heavy atom. The van der Waals surface area contributed by atoms with Gasteiger partial charge in [-0.2, -0.15) is 26.3 Å². The molecule has 1 saturated heterocycles. The number of aryl methyl sites for hydroxylation is 1. The normalized spacial score (nSPS) is 28.8. The summed E-state index contributed by atoms with van der Waals surface area (Å²) in [7, 11) is 1.49. The summed E-state index contributed by atoms with van der Waals surface area (Å²) >= 11 is 0.394. The van der Waals surface area contributed by atoms with Crippen molar-refractivity contribution in [1.82, 2.24) is 19.9 Å². The van der Waals surface area contributed by atoms with Crippen LogP contribution in [-0.2, 0) is 28.4 Å². The highest BCUT2D eigenvalue weighted by atomic mass is 32.1. The molecule has 0 aliphatic carbocycles. The number of nitrogens with zero attached hydrogens (tertiary/aromatic N) is 4. The molecule has 2 aliphatic rings. The van der Waals surface area contributed by atoms with Gasteiger partial charge in [0, 0.05) is 36.4 Å². The quantitative estimate of drug-likeness (QED) is 0.628. The van der Waals surface area contributed by atoms with E-state index in [0.717, 1.165) is 6.07 Å². The van der Waals surface area contributed by atoms with E-state index in [-0.39, 0.29) is 35.6 Å². The van der Waals surface area contributed by atoms with Crippen molar-refractivity contribution in [1.29, 1.82) is 0 Å². The summed E-state index contributed by atoms with van der Waals surface area (Å²) in [6.07, 6.45) is -10.2. The topological polar surface area (TPSA) is 80.5 Å². The molecular formula is C18H18F6N4O3S. The Kier molecular flexibility index (Phi) is 5.33. The molecular weight excluding hydrogens is 466 g/mol. The van der Waals surface area contributed by atoms with Crippen molar-refractivity contribution in [3.05, 3.63) is 33.3 Å². The van der Waals surface area contributed by atoms with E-state index in [9.17, 15) is 36.2 Å². The highest BCUT2D eigenvalue weighted by molar-refractivity contribution is 7.12. The fraction of sp³-hybridized carbons (Fsp3) is 0.611. The van der Waals surface area contributed by atoms with Gasteiger partial charge in [-0.05, 0) is 13.0 Å². The van der Waals surface area contributed by atoms with Gasteiger partial charge in [-0.25, -0.2) is 0 Å². The van der Waals surface area contributed by atoms with Crippen LogP contribution >= 0.6 is 11.3 Å². The van der Waals surface area contributed by atoms with Crippen molar-refractivity contribution in [3.8, 4) is 0 Å². The van der Waals surface area contributed by atoms with Gasteiger partial charge in [0.15, 0.2) is 0 Å². The van der Waals surface area contributed by atoms with Gasteiger partial charge < -0.3 is 14.7 Å². The van der Waals surface area contributed by atoms with Crippen LogP contribution in [0.4, 0.5) is 26.3 Å². The number of amides is 1. The SMILES string of the molecule is C[C@H]1C[C@@]2(C[C@@H](c3cn(C)nn3)N1C(=O)C(F)(F)F)OC[C@@H](O)c1cc(C(F)(F)F)sc12. The molecule has 4 rings (SSSR count). The van der Waals surface area contributed by atoms with E-state index in [2.05, 4.69) is 10.3 Å². The lowest BCUT2D eigenvalue weighted by molar-refractivity contribution is -0.204. The van der Waals surface area contributed by atoms with Crippen molar-refractivity contribution in [2.24, 2.45) is 7.05 Å². The Morgan fingerprint density at radius 2 is 1.97 bits per heavy atom. The lowest BCUT2D eigenvalue weighted by Gasteiger charge is -2.51. The highest BCUT2D eigenvalue weighted by Gasteiger charge is 2.56. The lowest BCUT2D eigenvalue weighted by atomic mass is 9.77. The molecule has 2 aliphatic heterocycles. The monoisotopic (exact) mass is 484 g/mol. The van der Waals surface area contributed by atoms with E-state index in [1.807, 2.05) is 0 Å². The second-order valence-electron chi connectivity index (χ2n) is 8.01. The van der Waals surface area contributed by atoms with Crippen LogP contribution in [0.25, 0.3) is 0 Å². The van der Waals surface area contributed by atoms with Crippen molar-refractivity contribution >= 4 is 17.2 Å². The van der Waals surface area contributed by atoms with Crippen LogP contribution in [0.2, 0.25) is 0 Å². The number of aliphatic hydroxyl groups excluding tert-OH is 1. The van der Waals surface area contributed by atoms with Gasteiger partial charge >= 0.3 is 18.3 Å². The van der Waals surface area contributed by atoms with E-state index in [0.29, 0.717) is 16.2 Å². The van der Waals surface area contributed by atoms with Crippen molar-refractivity contribution < 1.29 is 41.0 Å². The number of aliphatic hydroxyl groups is 1. The van der Waals surface area contributed by atoms with E-state index in [1.165, 1.54) is 24.9 Å². The molecule has 0 bridgehead atoms. The molecule has 14 heteroatoms. The number of piperidine rings is 1. The number of thiophene rings is 1. The molecule has 4 atom stereocenters. The number of carbonyl (C=O) groups is 1. The van der Waals surface area contributed by atoms with Crippen molar-refractivity contribution in [2.75, 3.05) is 6.61 Å². The number of ether oxygens (including phenoxy) is 1. The average Bonchev–Trinajstić information content (AvgIpc) is 3.31. The molecule has 2 aromatic heterocycles. The fourth-order valence-electron chi connectivity index (χ4n) is 4.48. The fourth-order valence-corrected chi connectivity index (χ4v) is 5.72. The summed E-state index contributed by atoms with van der Waals surface area (Å²) < 4.78 is 87.2. The lowest BCUT2D eigenvalue weighted by Crippen LogP contribution is -2.56. The van der Waals surface area contributed by atoms with Crippen LogP contribution in [0.5, 0.6) is 0 Å². The minimum Gasteiger partial charge on any atom is -0.386 e. The molecule has 1 spiro atoms. The van der Waals surface area contributed by atoms with E-state index in [1.54, 1.807) is 0 Å². The first-order chi connectivity index (χ1) is 14.7. The van der Waals surface area contributed by atoms with Crippen molar-refractivity contribution in [3.63, 3.8) is 0 Å². The number of alkyl halides is 6. The van der Waals surface area contributed by atoms with Gasteiger partial charge in [-0.3, -0.25) is 9.48 Å². The summed E-state index contributed by atoms with van der Waals surface area (Å²) in [5.74, 6) is -2.08. The highest BCUT2D eigenvalue weighted by Crippen LogP contribution is 2.55. The molecule has 1 N–H and O–H groups in total. The summed E-state index contributed by atoms with van der Waals surface area (Å²) in [6.45, 7) is 1.05. The molecule has 0 saturated carbocycles. The number of rotatable bonds is 1. The Morgan fingerprint density at radius 1 is 1.28 bits per heavy atom. The predicted molar refractivity (Wildman–Crippen MR) is 97.3 cm³/mol. The van der Waals surface area contributed by atoms with Crippen LogP contribution in [0.3, 0.4) is 0 Å². The summed E-state index contributed by atoms with van der Waals surface area (Å²) in [6, 6.07) is -1.45. The first-order valence-corrected chi connectivity index (χ1v) is 10.3. The van der Waals surface area contributed by atoms with E-state index >= 15 is 0 Å². The van der Waals surface area contributed by atoms with Crippen LogP contribution in [-0.4, -0.2) is 49.7 Å². The Balaban J connectivity index is 1.82. The van der Waals surface area contributed by atoms with Crippen molar-refractivity contribution in [2.45, 2.75) is 55.9 Å². The number of aromatic nitrogens is 3. The number of fused-ring (bicyclic) bond motifs is 2. The maximum atomic E-state index is 13.4. The molecule has 7 nitrogen and oxygen atoms in total. The molecule has 1 amide bonds. The van der Waals surface area contributed by atoms with E-state index in [4.69, 9.17) is 4.74 Å². The molecule has 32 heavy (non-hydrogen) atoms.